The van der Waals surface area contributed by atoms with Gasteiger partial charge in [-0.15, -0.1) is 12.4 Å². The second-order valence-corrected chi connectivity index (χ2v) is 8.04. The number of benzene rings is 1. The van der Waals surface area contributed by atoms with Crippen molar-refractivity contribution in [3.63, 3.8) is 0 Å². The van der Waals surface area contributed by atoms with Crippen molar-refractivity contribution in [3.05, 3.63) is 35.5 Å². The van der Waals surface area contributed by atoms with Crippen LogP contribution in [0.4, 0.5) is 0 Å². The molecule has 0 radical (unpaired) electrons. The number of amides is 1. The first-order valence-electron chi connectivity index (χ1n) is 10.6. The van der Waals surface area contributed by atoms with Crippen molar-refractivity contribution in [1.82, 2.24) is 14.8 Å². The Balaban J connectivity index is 0.00000320. The minimum Gasteiger partial charge on any atom is -0.385 e. The number of ether oxygens (including phenoxy) is 1. The maximum atomic E-state index is 13.7. The maximum absolute atomic E-state index is 13.7. The van der Waals surface area contributed by atoms with Crippen molar-refractivity contribution in [3.8, 4) is 6.07 Å². The zero-order valence-electron chi connectivity index (χ0n) is 18.2. The molecule has 0 aliphatic carbocycles. The SMILES string of the molecule is COCCCCn1c(C(=O)N(C(C)C)[C@@H]2CCCNC2)cc2cccc(C#N)c21.Cl. The smallest absolute Gasteiger partial charge is 0.271 e. The van der Waals surface area contributed by atoms with E-state index in [0.717, 1.165) is 49.7 Å². The molecule has 1 fully saturated rings. The second kappa shape index (κ2) is 11.4. The Morgan fingerprint density at radius 2 is 2.20 bits per heavy atom. The largest absolute Gasteiger partial charge is 0.385 e. The predicted molar refractivity (Wildman–Crippen MR) is 122 cm³/mol. The van der Waals surface area contributed by atoms with E-state index in [0.29, 0.717) is 24.4 Å². The first kappa shape index (κ1) is 24.2. The van der Waals surface area contributed by atoms with Gasteiger partial charge in [0, 0.05) is 44.3 Å². The highest BCUT2D eigenvalue weighted by Crippen LogP contribution is 2.27. The molecule has 2 aromatic rings. The molecular weight excluding hydrogens is 400 g/mol. The Hall–Kier alpha value is -2.07. The molecule has 1 aromatic carbocycles. The molecule has 30 heavy (non-hydrogen) atoms. The molecule has 1 saturated heterocycles. The van der Waals surface area contributed by atoms with Crippen LogP contribution in [-0.4, -0.2) is 54.3 Å². The molecule has 0 unspecified atom stereocenters. The third-order valence-electron chi connectivity index (χ3n) is 5.70. The van der Waals surface area contributed by atoms with Gasteiger partial charge < -0.3 is 19.5 Å². The van der Waals surface area contributed by atoms with Crippen LogP contribution < -0.4 is 5.32 Å². The third kappa shape index (κ3) is 5.15. The normalized spacial score (nSPS) is 16.3. The predicted octanol–water partition coefficient (Wildman–Crippen LogP) is 3.96. The van der Waals surface area contributed by atoms with Crippen LogP contribution in [0.25, 0.3) is 10.9 Å². The fourth-order valence-corrected chi connectivity index (χ4v) is 4.37. The highest BCUT2D eigenvalue weighted by molar-refractivity contribution is 6.00. The minimum absolute atomic E-state index is 0. The molecule has 164 valence electrons. The van der Waals surface area contributed by atoms with E-state index < -0.39 is 0 Å². The zero-order valence-corrected chi connectivity index (χ0v) is 19.0. The number of hydrogen-bond acceptors (Lipinski definition) is 4. The number of halogens is 1. The van der Waals surface area contributed by atoms with E-state index in [1.807, 2.05) is 29.2 Å². The summed E-state index contributed by atoms with van der Waals surface area (Å²) in [5, 5.41) is 14.0. The molecule has 0 bridgehead atoms. The van der Waals surface area contributed by atoms with Crippen molar-refractivity contribution in [2.24, 2.45) is 0 Å². The van der Waals surface area contributed by atoms with E-state index in [-0.39, 0.29) is 30.4 Å². The number of nitriles is 1. The summed E-state index contributed by atoms with van der Waals surface area (Å²) in [4.78, 5) is 15.8. The lowest BCUT2D eigenvalue weighted by molar-refractivity contribution is 0.0562. The number of unbranched alkanes of at least 4 members (excludes halogenated alkanes) is 1. The molecule has 7 heteroatoms. The van der Waals surface area contributed by atoms with Crippen LogP contribution in [0.3, 0.4) is 0 Å². The van der Waals surface area contributed by atoms with E-state index in [4.69, 9.17) is 4.74 Å². The minimum atomic E-state index is 0. The van der Waals surface area contributed by atoms with Crippen LogP contribution in [0.2, 0.25) is 0 Å². The van der Waals surface area contributed by atoms with E-state index in [9.17, 15) is 10.1 Å². The summed E-state index contributed by atoms with van der Waals surface area (Å²) >= 11 is 0. The lowest BCUT2D eigenvalue weighted by Gasteiger charge is -2.37. The molecule has 1 N–H and O–H groups in total. The van der Waals surface area contributed by atoms with Crippen LogP contribution >= 0.6 is 12.4 Å². The molecule has 2 heterocycles. The molecule has 1 atom stereocenters. The fourth-order valence-electron chi connectivity index (χ4n) is 4.37. The Morgan fingerprint density at radius 1 is 1.40 bits per heavy atom. The van der Waals surface area contributed by atoms with Crippen LogP contribution in [0.5, 0.6) is 0 Å². The van der Waals surface area contributed by atoms with Gasteiger partial charge in [-0.3, -0.25) is 4.79 Å². The lowest BCUT2D eigenvalue weighted by atomic mass is 10.0. The summed E-state index contributed by atoms with van der Waals surface area (Å²) in [5.74, 6) is 0.0560. The Labute approximate surface area is 185 Å². The number of methoxy groups -OCH3 is 1. The van der Waals surface area contributed by atoms with Gasteiger partial charge in [0.1, 0.15) is 11.8 Å². The van der Waals surface area contributed by atoms with Gasteiger partial charge in [0.2, 0.25) is 0 Å². The number of hydrogen-bond donors (Lipinski definition) is 1. The van der Waals surface area contributed by atoms with Gasteiger partial charge in [-0.05, 0) is 58.2 Å². The molecule has 0 saturated carbocycles. The number of piperidine rings is 1. The summed E-state index contributed by atoms with van der Waals surface area (Å²) in [5.41, 5.74) is 2.16. The molecule has 3 rings (SSSR count). The Bertz CT molecular complexity index is 881. The highest BCUT2D eigenvalue weighted by atomic mass is 35.5. The first-order chi connectivity index (χ1) is 14.1. The van der Waals surface area contributed by atoms with Crippen molar-refractivity contribution in [1.29, 1.82) is 5.26 Å². The van der Waals surface area contributed by atoms with Gasteiger partial charge in [-0.2, -0.15) is 5.26 Å². The van der Waals surface area contributed by atoms with Gasteiger partial charge >= 0.3 is 0 Å². The highest BCUT2D eigenvalue weighted by Gasteiger charge is 2.30. The van der Waals surface area contributed by atoms with E-state index >= 15 is 0 Å². The fraction of sp³-hybridized carbons (Fsp3) is 0.565. The average Bonchev–Trinajstić information content (AvgIpc) is 3.10. The van der Waals surface area contributed by atoms with E-state index in [1.54, 1.807) is 7.11 Å². The van der Waals surface area contributed by atoms with Crippen molar-refractivity contribution >= 4 is 29.2 Å². The summed E-state index contributed by atoms with van der Waals surface area (Å²) in [6.07, 6.45) is 3.91. The van der Waals surface area contributed by atoms with Crippen LogP contribution in [-0.2, 0) is 11.3 Å². The number of para-hydroxylation sites is 1. The van der Waals surface area contributed by atoms with E-state index in [2.05, 4.69) is 29.8 Å². The van der Waals surface area contributed by atoms with Crippen molar-refractivity contribution in [2.75, 3.05) is 26.8 Å². The number of nitrogens with one attached hydrogen (secondary N) is 1. The van der Waals surface area contributed by atoms with Gasteiger partial charge in [-0.1, -0.05) is 12.1 Å². The van der Waals surface area contributed by atoms with E-state index in [1.165, 1.54) is 0 Å². The number of aromatic nitrogens is 1. The van der Waals surface area contributed by atoms with Crippen LogP contribution in [0, 0.1) is 11.3 Å². The standard InChI is InChI=1S/C23H32N4O2.ClH/c1-17(2)27(20-10-7-11-25-16-20)23(28)21-14-18-8-6-9-19(15-24)22(18)26(21)12-4-5-13-29-3;/h6,8-9,14,17,20,25H,4-5,7,10-13,16H2,1-3H3;1H/t20-;/m1./s1. The second-order valence-electron chi connectivity index (χ2n) is 8.04. The quantitative estimate of drug-likeness (QED) is 0.641. The number of nitrogens with zero attached hydrogens (tertiary/aromatic N) is 3. The summed E-state index contributed by atoms with van der Waals surface area (Å²) in [6.45, 7) is 7.40. The molecule has 0 spiro atoms. The zero-order chi connectivity index (χ0) is 20.8. The molecule has 1 aromatic heterocycles. The Morgan fingerprint density at radius 3 is 2.83 bits per heavy atom. The van der Waals surface area contributed by atoms with Crippen molar-refractivity contribution < 1.29 is 9.53 Å². The molecule has 1 amide bonds. The van der Waals surface area contributed by atoms with Gasteiger partial charge in [0.05, 0.1) is 11.1 Å². The number of rotatable bonds is 8. The molecule has 6 nitrogen and oxygen atoms in total. The average molecular weight is 433 g/mol. The monoisotopic (exact) mass is 432 g/mol. The summed E-state index contributed by atoms with van der Waals surface area (Å²) < 4.78 is 7.23. The first-order valence-corrected chi connectivity index (χ1v) is 10.6. The van der Waals surface area contributed by atoms with Crippen LogP contribution in [0.15, 0.2) is 24.3 Å². The molecule has 1 aliphatic rings. The summed E-state index contributed by atoms with van der Waals surface area (Å²) in [7, 11) is 1.70. The van der Waals surface area contributed by atoms with Gasteiger partial charge in [0.25, 0.3) is 5.91 Å². The number of carbonyl (C=O) groups is 1. The van der Waals surface area contributed by atoms with Gasteiger partial charge in [-0.25, -0.2) is 0 Å². The molecule has 1 aliphatic heterocycles. The third-order valence-corrected chi connectivity index (χ3v) is 5.70. The maximum Gasteiger partial charge on any atom is 0.271 e. The number of carbonyl (C=O) groups excluding carboxylic acids is 1. The summed E-state index contributed by atoms with van der Waals surface area (Å²) in [6, 6.07) is 10.3. The van der Waals surface area contributed by atoms with Crippen LogP contribution in [0.1, 0.15) is 55.6 Å². The number of aryl methyl sites for hydroxylation is 1. The van der Waals surface area contributed by atoms with Gasteiger partial charge in [0.15, 0.2) is 0 Å². The van der Waals surface area contributed by atoms with Crippen molar-refractivity contribution in [2.45, 2.75) is 58.2 Å². The Kier molecular flexibility index (Phi) is 9.16. The topological polar surface area (TPSA) is 70.3 Å². The lowest BCUT2D eigenvalue weighted by Crippen LogP contribution is -2.52. The molecular formula is C23H33ClN4O2. The number of fused-ring (bicyclic) bond motifs is 1.